The van der Waals surface area contributed by atoms with Gasteiger partial charge in [-0.2, -0.15) is 5.10 Å². The first kappa shape index (κ1) is 14.6. The summed E-state index contributed by atoms with van der Waals surface area (Å²) in [5.74, 6) is -0.0500. The van der Waals surface area contributed by atoms with Crippen molar-refractivity contribution in [1.29, 1.82) is 0 Å². The molecule has 2 aromatic heterocycles. The average molecular weight is 290 g/mol. The van der Waals surface area contributed by atoms with Gasteiger partial charge in [-0.05, 0) is 26.8 Å². The molecule has 0 aliphatic carbocycles. The van der Waals surface area contributed by atoms with Crippen molar-refractivity contribution in [3.05, 3.63) is 45.4 Å². The third kappa shape index (κ3) is 2.73. The lowest BCUT2D eigenvalue weighted by molar-refractivity contribution is -0.385. The zero-order valence-electron chi connectivity index (χ0n) is 11.9. The number of nitro groups is 1. The van der Waals surface area contributed by atoms with Crippen LogP contribution in [-0.4, -0.2) is 32.3 Å². The highest BCUT2D eigenvalue weighted by atomic mass is 16.6. The van der Waals surface area contributed by atoms with Gasteiger partial charge in [-0.25, -0.2) is 14.5 Å². The van der Waals surface area contributed by atoms with Crippen molar-refractivity contribution in [1.82, 2.24) is 14.8 Å². The topological polar surface area (TPSA) is 100 Å². The molecule has 21 heavy (non-hydrogen) atoms. The lowest BCUT2D eigenvalue weighted by Crippen LogP contribution is -2.08. The number of carbonyl (C=O) groups excluding carboxylic acids is 1. The molecule has 8 heteroatoms. The number of aromatic nitrogens is 3. The predicted octanol–water partition coefficient (Wildman–Crippen LogP) is 1.97. The van der Waals surface area contributed by atoms with E-state index in [1.54, 1.807) is 26.8 Å². The number of pyridine rings is 1. The van der Waals surface area contributed by atoms with Crippen molar-refractivity contribution in [3.63, 3.8) is 0 Å². The Morgan fingerprint density at radius 3 is 2.71 bits per heavy atom. The molecule has 8 nitrogen and oxygen atoms in total. The maximum atomic E-state index is 11.7. The van der Waals surface area contributed by atoms with Gasteiger partial charge in [0.1, 0.15) is 11.8 Å². The summed E-state index contributed by atoms with van der Waals surface area (Å²) in [5, 5.41) is 14.9. The monoisotopic (exact) mass is 290 g/mol. The first-order valence-electron chi connectivity index (χ1n) is 6.28. The quantitative estimate of drug-likeness (QED) is 0.485. The van der Waals surface area contributed by atoms with Crippen LogP contribution in [0.1, 0.15) is 28.5 Å². The van der Waals surface area contributed by atoms with Gasteiger partial charge in [0, 0.05) is 5.56 Å². The summed E-state index contributed by atoms with van der Waals surface area (Å²) < 4.78 is 6.38. The number of hydrogen-bond donors (Lipinski definition) is 0. The number of carbonyl (C=O) groups is 1. The normalized spacial score (nSPS) is 10.4. The number of nitrogens with zero attached hydrogens (tertiary/aromatic N) is 4. The molecule has 0 spiro atoms. The zero-order chi connectivity index (χ0) is 15.6. The lowest BCUT2D eigenvalue weighted by Gasteiger charge is -2.05. The van der Waals surface area contributed by atoms with E-state index < -0.39 is 10.9 Å². The van der Waals surface area contributed by atoms with Crippen LogP contribution >= 0.6 is 0 Å². The molecule has 0 aliphatic rings. The summed E-state index contributed by atoms with van der Waals surface area (Å²) in [6.07, 6.45) is 2.57. The highest BCUT2D eigenvalue weighted by Gasteiger charge is 2.18. The van der Waals surface area contributed by atoms with Crippen molar-refractivity contribution in [2.24, 2.45) is 0 Å². The summed E-state index contributed by atoms with van der Waals surface area (Å²) in [5.41, 5.74) is 1.32. The molecule has 2 rings (SSSR count). The Hall–Kier alpha value is -2.77. The molecule has 0 fully saturated rings. The highest BCUT2D eigenvalue weighted by molar-refractivity contribution is 5.90. The molecule has 2 aromatic rings. The van der Waals surface area contributed by atoms with E-state index in [0.29, 0.717) is 22.6 Å². The van der Waals surface area contributed by atoms with Crippen molar-refractivity contribution in [2.45, 2.75) is 20.8 Å². The van der Waals surface area contributed by atoms with Crippen LogP contribution in [0.4, 0.5) is 5.69 Å². The SMILES string of the molecule is CCOC(=O)c1cnn(-c2cc(C)c([N+](=O)[O-])cn2)c1C. The van der Waals surface area contributed by atoms with Crippen molar-refractivity contribution in [3.8, 4) is 5.82 Å². The van der Waals surface area contributed by atoms with Crippen molar-refractivity contribution < 1.29 is 14.5 Å². The molecule has 0 amide bonds. The van der Waals surface area contributed by atoms with Crippen molar-refractivity contribution >= 4 is 11.7 Å². The summed E-state index contributed by atoms with van der Waals surface area (Å²) in [7, 11) is 0. The second kappa shape index (κ2) is 5.70. The predicted molar refractivity (Wildman–Crippen MR) is 73.4 cm³/mol. The fourth-order valence-corrected chi connectivity index (χ4v) is 1.89. The number of hydrogen-bond acceptors (Lipinski definition) is 6. The van der Waals surface area contributed by atoms with Gasteiger partial charge in [0.05, 0.1) is 23.4 Å². The standard InChI is InChI=1S/C13H14N4O4/c1-4-21-13(18)10-6-15-16(9(10)3)12-5-8(2)11(7-14-12)17(19)20/h5-7H,4H2,1-3H3. The Morgan fingerprint density at radius 1 is 1.43 bits per heavy atom. The van der Waals surface area contributed by atoms with Crippen LogP contribution in [0, 0.1) is 24.0 Å². The Labute approximate surface area is 120 Å². The van der Waals surface area contributed by atoms with Gasteiger partial charge in [-0.15, -0.1) is 0 Å². The molecule has 0 saturated heterocycles. The minimum Gasteiger partial charge on any atom is -0.462 e. The van der Waals surface area contributed by atoms with Gasteiger partial charge in [-0.1, -0.05) is 0 Å². The van der Waals surface area contributed by atoms with Gasteiger partial charge < -0.3 is 4.74 Å². The van der Waals surface area contributed by atoms with E-state index in [-0.39, 0.29) is 12.3 Å². The molecule has 0 bridgehead atoms. The summed E-state index contributed by atoms with van der Waals surface area (Å²) in [6, 6.07) is 1.55. The third-order valence-electron chi connectivity index (χ3n) is 2.99. The van der Waals surface area contributed by atoms with Gasteiger partial charge in [-0.3, -0.25) is 10.1 Å². The fraction of sp³-hybridized carbons (Fsp3) is 0.308. The highest BCUT2D eigenvalue weighted by Crippen LogP contribution is 2.20. The van der Waals surface area contributed by atoms with E-state index in [1.165, 1.54) is 17.1 Å². The molecular weight excluding hydrogens is 276 g/mol. The van der Waals surface area contributed by atoms with Crippen LogP contribution in [-0.2, 0) is 4.74 Å². The Morgan fingerprint density at radius 2 is 2.14 bits per heavy atom. The third-order valence-corrected chi connectivity index (χ3v) is 2.99. The second-order valence-electron chi connectivity index (χ2n) is 4.36. The first-order valence-corrected chi connectivity index (χ1v) is 6.28. The van der Waals surface area contributed by atoms with Crippen LogP contribution in [0.25, 0.3) is 5.82 Å². The van der Waals surface area contributed by atoms with Gasteiger partial charge in [0.25, 0.3) is 5.69 Å². The minimum atomic E-state index is -0.494. The van der Waals surface area contributed by atoms with Crippen LogP contribution in [0.15, 0.2) is 18.5 Å². The molecule has 0 saturated carbocycles. The maximum Gasteiger partial charge on any atom is 0.341 e. The molecule has 0 unspecified atom stereocenters. The molecule has 0 N–H and O–H groups in total. The van der Waals surface area contributed by atoms with Gasteiger partial charge in [0.15, 0.2) is 5.82 Å². The van der Waals surface area contributed by atoms with Crippen LogP contribution < -0.4 is 0 Å². The molecule has 2 heterocycles. The Kier molecular flexibility index (Phi) is 3.97. The van der Waals surface area contributed by atoms with E-state index in [9.17, 15) is 14.9 Å². The largest absolute Gasteiger partial charge is 0.462 e. The summed E-state index contributed by atoms with van der Waals surface area (Å²) >= 11 is 0. The Balaban J connectivity index is 2.42. The smallest absolute Gasteiger partial charge is 0.341 e. The lowest BCUT2D eigenvalue weighted by atomic mass is 10.2. The summed E-state index contributed by atoms with van der Waals surface area (Å²) in [6.45, 7) is 5.32. The van der Waals surface area contributed by atoms with Crippen LogP contribution in [0.2, 0.25) is 0 Å². The van der Waals surface area contributed by atoms with Crippen LogP contribution in [0.3, 0.4) is 0 Å². The second-order valence-corrected chi connectivity index (χ2v) is 4.36. The van der Waals surface area contributed by atoms with E-state index in [0.717, 1.165) is 0 Å². The zero-order valence-corrected chi connectivity index (χ0v) is 11.9. The molecule has 110 valence electrons. The summed E-state index contributed by atoms with van der Waals surface area (Å²) in [4.78, 5) is 26.0. The minimum absolute atomic E-state index is 0.0609. The van der Waals surface area contributed by atoms with E-state index in [1.807, 2.05) is 0 Å². The maximum absolute atomic E-state index is 11.7. The fourth-order valence-electron chi connectivity index (χ4n) is 1.89. The van der Waals surface area contributed by atoms with Crippen molar-refractivity contribution in [2.75, 3.05) is 6.61 Å². The molecule has 0 aromatic carbocycles. The van der Waals surface area contributed by atoms with Gasteiger partial charge in [0.2, 0.25) is 0 Å². The Bertz CT molecular complexity index is 708. The average Bonchev–Trinajstić information content (AvgIpc) is 2.80. The number of ether oxygens (including phenoxy) is 1. The number of esters is 1. The molecule has 0 aliphatic heterocycles. The molecule has 0 radical (unpaired) electrons. The van der Waals surface area contributed by atoms with Crippen LogP contribution in [0.5, 0.6) is 0 Å². The molecule has 0 atom stereocenters. The van der Waals surface area contributed by atoms with E-state index >= 15 is 0 Å². The van der Waals surface area contributed by atoms with E-state index in [4.69, 9.17) is 4.74 Å². The van der Waals surface area contributed by atoms with E-state index in [2.05, 4.69) is 10.1 Å². The van der Waals surface area contributed by atoms with Gasteiger partial charge >= 0.3 is 5.97 Å². The number of rotatable bonds is 4. The molecular formula is C13H14N4O4. The first-order chi connectivity index (χ1) is 9.95. The number of aryl methyl sites for hydroxylation is 1.